The topological polar surface area (TPSA) is 49.7 Å². The van der Waals surface area contributed by atoms with Gasteiger partial charge in [0.05, 0.1) is 19.3 Å². The fourth-order valence-electron chi connectivity index (χ4n) is 2.66. The normalized spacial score (nSPS) is 19.8. The Kier molecular flexibility index (Phi) is 4.91. The minimum absolute atomic E-state index is 0.195. The molecule has 1 fully saturated rings. The van der Waals surface area contributed by atoms with Gasteiger partial charge in [-0.1, -0.05) is 12.1 Å². The second-order valence-electron chi connectivity index (χ2n) is 5.28. The zero-order valence-corrected chi connectivity index (χ0v) is 11.0. The second-order valence-corrected chi connectivity index (χ2v) is 5.28. The fraction of sp³-hybridized carbons (Fsp3) is 0.600. The maximum Gasteiger partial charge on any atom is 0.123 e. The molecule has 106 valence electrons. The molecule has 4 heteroatoms. The summed E-state index contributed by atoms with van der Waals surface area (Å²) in [4.78, 5) is 0. The lowest BCUT2D eigenvalue weighted by atomic mass is 9.77. The molecule has 0 radical (unpaired) electrons. The average Bonchev–Trinajstić information content (AvgIpc) is 2.94. The van der Waals surface area contributed by atoms with Crippen LogP contribution in [0.15, 0.2) is 24.3 Å². The van der Waals surface area contributed by atoms with E-state index in [9.17, 15) is 14.6 Å². The maximum atomic E-state index is 13.3. The van der Waals surface area contributed by atoms with Crippen LogP contribution < -0.4 is 0 Å². The van der Waals surface area contributed by atoms with E-state index in [1.54, 1.807) is 12.1 Å². The van der Waals surface area contributed by atoms with Crippen LogP contribution in [0.3, 0.4) is 0 Å². The Bertz CT molecular complexity index is 398. The Hall–Kier alpha value is -0.970. The highest BCUT2D eigenvalue weighted by Gasteiger charge is 2.32. The van der Waals surface area contributed by atoms with Gasteiger partial charge in [0.1, 0.15) is 5.82 Å². The summed E-state index contributed by atoms with van der Waals surface area (Å²) in [6, 6.07) is 6.12. The van der Waals surface area contributed by atoms with Crippen molar-refractivity contribution in [2.75, 3.05) is 19.8 Å². The van der Waals surface area contributed by atoms with Crippen molar-refractivity contribution in [3.05, 3.63) is 35.6 Å². The standard InChI is InChI=1S/C15H21FO3/c16-13-4-1-3-12(9-13)15(10-17,11-18)7-6-14-5-2-8-19-14/h1,3-4,9,14,17-18H,2,5-8,10-11H2. The van der Waals surface area contributed by atoms with Crippen molar-refractivity contribution in [1.82, 2.24) is 0 Å². The van der Waals surface area contributed by atoms with Gasteiger partial charge in [-0.05, 0) is 43.4 Å². The monoisotopic (exact) mass is 268 g/mol. The second kappa shape index (κ2) is 6.46. The molecule has 1 saturated heterocycles. The van der Waals surface area contributed by atoms with Gasteiger partial charge in [0, 0.05) is 12.0 Å². The summed E-state index contributed by atoms with van der Waals surface area (Å²) in [5, 5.41) is 19.3. The zero-order valence-electron chi connectivity index (χ0n) is 11.0. The molecule has 0 amide bonds. The molecule has 19 heavy (non-hydrogen) atoms. The summed E-state index contributed by atoms with van der Waals surface area (Å²) in [5.74, 6) is -0.346. The van der Waals surface area contributed by atoms with Crippen LogP contribution in [0.25, 0.3) is 0 Å². The van der Waals surface area contributed by atoms with Gasteiger partial charge in [-0.15, -0.1) is 0 Å². The summed E-state index contributed by atoms with van der Waals surface area (Å²) in [5.41, 5.74) is -0.135. The number of ether oxygens (including phenoxy) is 1. The van der Waals surface area contributed by atoms with E-state index in [4.69, 9.17) is 4.74 Å². The Morgan fingerprint density at radius 1 is 1.32 bits per heavy atom. The average molecular weight is 268 g/mol. The van der Waals surface area contributed by atoms with Crippen molar-refractivity contribution in [1.29, 1.82) is 0 Å². The van der Waals surface area contributed by atoms with Gasteiger partial charge in [0.2, 0.25) is 0 Å². The first-order chi connectivity index (χ1) is 9.20. The van der Waals surface area contributed by atoms with Gasteiger partial charge < -0.3 is 14.9 Å². The maximum absolute atomic E-state index is 13.3. The molecule has 2 rings (SSSR count). The molecule has 1 aliphatic rings. The molecule has 0 aromatic heterocycles. The van der Waals surface area contributed by atoms with Crippen molar-refractivity contribution in [2.45, 2.75) is 37.2 Å². The van der Waals surface area contributed by atoms with E-state index < -0.39 is 5.41 Å². The number of aliphatic hydroxyl groups is 2. The quantitative estimate of drug-likeness (QED) is 0.829. The van der Waals surface area contributed by atoms with Crippen molar-refractivity contribution < 1.29 is 19.3 Å². The van der Waals surface area contributed by atoms with E-state index in [1.807, 2.05) is 0 Å². The first-order valence-corrected chi connectivity index (χ1v) is 6.79. The molecule has 1 heterocycles. The van der Waals surface area contributed by atoms with Gasteiger partial charge in [-0.3, -0.25) is 0 Å². The molecule has 1 unspecified atom stereocenters. The number of benzene rings is 1. The Labute approximate surface area is 113 Å². The van der Waals surface area contributed by atoms with Crippen molar-refractivity contribution in [3.8, 4) is 0 Å². The number of hydrogen-bond donors (Lipinski definition) is 2. The number of rotatable bonds is 6. The van der Waals surface area contributed by atoms with E-state index in [-0.39, 0.29) is 25.1 Å². The van der Waals surface area contributed by atoms with Crippen LogP contribution in [0, 0.1) is 5.82 Å². The van der Waals surface area contributed by atoms with Gasteiger partial charge in [0.25, 0.3) is 0 Å². The number of aliphatic hydroxyl groups excluding tert-OH is 2. The highest BCUT2D eigenvalue weighted by Crippen LogP contribution is 2.31. The van der Waals surface area contributed by atoms with Gasteiger partial charge >= 0.3 is 0 Å². The van der Waals surface area contributed by atoms with E-state index in [0.29, 0.717) is 12.0 Å². The zero-order chi connectivity index (χ0) is 13.7. The summed E-state index contributed by atoms with van der Waals surface area (Å²) >= 11 is 0. The molecule has 0 aliphatic carbocycles. The van der Waals surface area contributed by atoms with Gasteiger partial charge in [0.15, 0.2) is 0 Å². The van der Waals surface area contributed by atoms with E-state index in [2.05, 4.69) is 0 Å². The molecular weight excluding hydrogens is 247 g/mol. The van der Waals surface area contributed by atoms with Gasteiger partial charge in [-0.25, -0.2) is 4.39 Å². The lowest BCUT2D eigenvalue weighted by molar-refractivity contribution is 0.0683. The highest BCUT2D eigenvalue weighted by atomic mass is 19.1. The SMILES string of the molecule is OCC(CO)(CCC1CCCO1)c1cccc(F)c1. The molecule has 0 saturated carbocycles. The van der Waals surface area contributed by atoms with E-state index in [0.717, 1.165) is 25.9 Å². The Morgan fingerprint density at radius 2 is 2.11 bits per heavy atom. The van der Waals surface area contributed by atoms with Crippen LogP contribution >= 0.6 is 0 Å². The summed E-state index contributed by atoms with van der Waals surface area (Å²) < 4.78 is 18.9. The largest absolute Gasteiger partial charge is 0.395 e. The van der Waals surface area contributed by atoms with Crippen molar-refractivity contribution in [3.63, 3.8) is 0 Å². The number of hydrogen-bond acceptors (Lipinski definition) is 3. The fourth-order valence-corrected chi connectivity index (χ4v) is 2.66. The minimum Gasteiger partial charge on any atom is -0.395 e. The van der Waals surface area contributed by atoms with Crippen molar-refractivity contribution in [2.24, 2.45) is 0 Å². The molecule has 1 aromatic carbocycles. The summed E-state index contributed by atoms with van der Waals surface area (Å²) in [6.45, 7) is 0.398. The van der Waals surface area contributed by atoms with Crippen LogP contribution in [-0.2, 0) is 10.2 Å². The summed E-state index contributed by atoms with van der Waals surface area (Å²) in [7, 11) is 0. The predicted octanol–water partition coefficient (Wildman–Crippen LogP) is 2.01. The molecule has 0 spiro atoms. The molecule has 1 atom stereocenters. The third-order valence-corrected chi connectivity index (χ3v) is 4.01. The number of halogens is 1. The summed E-state index contributed by atoms with van der Waals surface area (Å²) in [6.07, 6.45) is 3.66. The smallest absolute Gasteiger partial charge is 0.123 e. The molecule has 1 aliphatic heterocycles. The Balaban J connectivity index is 2.11. The molecule has 0 bridgehead atoms. The van der Waals surface area contributed by atoms with Crippen LogP contribution in [0.2, 0.25) is 0 Å². The lowest BCUT2D eigenvalue weighted by Crippen LogP contribution is -2.36. The first-order valence-electron chi connectivity index (χ1n) is 6.79. The van der Waals surface area contributed by atoms with Crippen molar-refractivity contribution >= 4 is 0 Å². The third kappa shape index (κ3) is 3.32. The Morgan fingerprint density at radius 3 is 2.68 bits per heavy atom. The van der Waals surface area contributed by atoms with Crippen LogP contribution in [-0.4, -0.2) is 36.1 Å². The lowest BCUT2D eigenvalue weighted by Gasteiger charge is -2.31. The van der Waals surface area contributed by atoms with Crippen LogP contribution in [0.1, 0.15) is 31.2 Å². The van der Waals surface area contributed by atoms with E-state index in [1.165, 1.54) is 12.1 Å². The first kappa shape index (κ1) is 14.4. The van der Waals surface area contributed by atoms with Crippen LogP contribution in [0.4, 0.5) is 4.39 Å². The molecule has 3 nitrogen and oxygen atoms in total. The molecule has 2 N–H and O–H groups in total. The van der Waals surface area contributed by atoms with E-state index >= 15 is 0 Å². The third-order valence-electron chi connectivity index (χ3n) is 4.01. The minimum atomic E-state index is -0.784. The van der Waals surface area contributed by atoms with Crippen LogP contribution in [0.5, 0.6) is 0 Å². The van der Waals surface area contributed by atoms with Gasteiger partial charge in [-0.2, -0.15) is 0 Å². The molecule has 1 aromatic rings. The molecular formula is C15H21FO3. The highest BCUT2D eigenvalue weighted by molar-refractivity contribution is 5.26. The predicted molar refractivity (Wildman–Crippen MR) is 70.5 cm³/mol.